The van der Waals surface area contributed by atoms with Crippen LogP contribution in [0.25, 0.3) is 0 Å². The van der Waals surface area contributed by atoms with Crippen LogP contribution in [0.3, 0.4) is 0 Å². The summed E-state index contributed by atoms with van der Waals surface area (Å²) in [5.41, 5.74) is 0.722. The molecule has 0 aromatic heterocycles. The zero-order chi connectivity index (χ0) is 9.97. The van der Waals surface area contributed by atoms with Gasteiger partial charge in [0.1, 0.15) is 6.10 Å². The van der Waals surface area contributed by atoms with Crippen LogP contribution in [0.2, 0.25) is 0 Å². The van der Waals surface area contributed by atoms with E-state index in [9.17, 15) is 4.79 Å². The smallest absolute Gasteiger partial charge is 0.192 e. The average molecular weight is 255 g/mol. The van der Waals surface area contributed by atoms with E-state index in [4.69, 9.17) is 4.74 Å². The van der Waals surface area contributed by atoms with Crippen LogP contribution in [0.15, 0.2) is 28.7 Å². The molecule has 0 amide bonds. The second kappa shape index (κ2) is 4.24. The molecular weight excluding hydrogens is 244 g/mol. The minimum atomic E-state index is -0.228. The molecule has 3 heteroatoms. The molecule has 1 heterocycles. The first-order valence-electron chi connectivity index (χ1n) is 4.69. The van der Waals surface area contributed by atoms with Crippen LogP contribution >= 0.6 is 15.9 Å². The number of benzene rings is 1. The summed E-state index contributed by atoms with van der Waals surface area (Å²) in [7, 11) is 0. The lowest BCUT2D eigenvalue weighted by Gasteiger charge is -2.09. The molecule has 14 heavy (non-hydrogen) atoms. The van der Waals surface area contributed by atoms with E-state index in [1.165, 1.54) is 0 Å². The summed E-state index contributed by atoms with van der Waals surface area (Å²) in [6.07, 6.45) is 1.61. The first-order valence-corrected chi connectivity index (χ1v) is 5.48. The number of hydrogen-bond acceptors (Lipinski definition) is 2. The van der Waals surface area contributed by atoms with Crippen molar-refractivity contribution in [1.82, 2.24) is 0 Å². The van der Waals surface area contributed by atoms with Gasteiger partial charge in [-0.25, -0.2) is 0 Å². The van der Waals surface area contributed by atoms with E-state index in [0.29, 0.717) is 6.61 Å². The normalized spacial score (nSPS) is 21.1. The monoisotopic (exact) mass is 254 g/mol. The molecule has 1 aliphatic heterocycles. The van der Waals surface area contributed by atoms with E-state index in [1.54, 1.807) is 0 Å². The molecule has 0 N–H and O–H groups in total. The van der Waals surface area contributed by atoms with Crippen LogP contribution < -0.4 is 0 Å². The highest BCUT2D eigenvalue weighted by molar-refractivity contribution is 9.10. The molecule has 2 nitrogen and oxygen atoms in total. The van der Waals surface area contributed by atoms with E-state index >= 15 is 0 Å². The molecule has 0 bridgehead atoms. The number of ketones is 1. The van der Waals surface area contributed by atoms with Gasteiger partial charge in [-0.2, -0.15) is 0 Å². The van der Waals surface area contributed by atoms with Crippen molar-refractivity contribution in [2.24, 2.45) is 0 Å². The number of ether oxygens (including phenoxy) is 1. The fourth-order valence-corrected chi connectivity index (χ4v) is 2.10. The number of halogens is 1. The summed E-state index contributed by atoms with van der Waals surface area (Å²) in [6.45, 7) is 0.709. The third-order valence-electron chi connectivity index (χ3n) is 2.36. The molecule has 1 aromatic carbocycles. The van der Waals surface area contributed by atoms with Crippen LogP contribution in [-0.2, 0) is 4.74 Å². The number of rotatable bonds is 2. The summed E-state index contributed by atoms with van der Waals surface area (Å²) < 4.78 is 6.20. The Morgan fingerprint density at radius 3 is 2.86 bits per heavy atom. The van der Waals surface area contributed by atoms with Crippen LogP contribution in [0.5, 0.6) is 0 Å². The molecule has 0 spiro atoms. The molecular formula is C11H11BrO2. The van der Waals surface area contributed by atoms with E-state index in [0.717, 1.165) is 22.9 Å². The zero-order valence-corrected chi connectivity index (χ0v) is 9.29. The fourth-order valence-electron chi connectivity index (χ4n) is 1.62. The molecule has 1 fully saturated rings. The van der Waals surface area contributed by atoms with E-state index in [2.05, 4.69) is 15.9 Å². The van der Waals surface area contributed by atoms with Gasteiger partial charge in [0.2, 0.25) is 0 Å². The molecule has 1 atom stereocenters. The van der Waals surface area contributed by atoms with E-state index in [-0.39, 0.29) is 11.9 Å². The summed E-state index contributed by atoms with van der Waals surface area (Å²) in [6, 6.07) is 7.47. The molecule has 1 unspecified atom stereocenters. The molecule has 1 aromatic rings. The van der Waals surface area contributed by atoms with Crippen molar-refractivity contribution in [1.29, 1.82) is 0 Å². The van der Waals surface area contributed by atoms with Gasteiger partial charge >= 0.3 is 0 Å². The Hall–Kier alpha value is -0.670. The van der Waals surface area contributed by atoms with Crippen molar-refractivity contribution in [3.05, 3.63) is 34.3 Å². The predicted molar refractivity (Wildman–Crippen MR) is 57.4 cm³/mol. The minimum absolute atomic E-state index is 0.0926. The van der Waals surface area contributed by atoms with Crippen molar-refractivity contribution < 1.29 is 9.53 Å². The number of hydrogen-bond donors (Lipinski definition) is 0. The Morgan fingerprint density at radius 2 is 2.21 bits per heavy atom. The third-order valence-corrected chi connectivity index (χ3v) is 3.05. The number of Topliss-reactive ketones (excluding diaryl/α,β-unsaturated/α-hetero) is 1. The van der Waals surface area contributed by atoms with Crippen LogP contribution in [0, 0.1) is 0 Å². The predicted octanol–water partition coefficient (Wildman–Crippen LogP) is 2.81. The van der Waals surface area contributed by atoms with E-state index < -0.39 is 0 Å². The average Bonchev–Trinajstić information content (AvgIpc) is 2.70. The molecule has 74 valence electrons. The summed E-state index contributed by atoms with van der Waals surface area (Å²) in [5, 5.41) is 0. The van der Waals surface area contributed by atoms with Gasteiger partial charge in [0, 0.05) is 16.6 Å². The largest absolute Gasteiger partial charge is 0.370 e. The van der Waals surface area contributed by atoms with E-state index in [1.807, 2.05) is 24.3 Å². The Labute approximate surface area is 91.4 Å². The first-order chi connectivity index (χ1) is 6.79. The Bertz CT molecular complexity index is 343. The van der Waals surface area contributed by atoms with Gasteiger partial charge in [0.15, 0.2) is 5.78 Å². The molecule has 0 radical (unpaired) electrons. The second-order valence-corrected chi connectivity index (χ2v) is 4.20. The van der Waals surface area contributed by atoms with Crippen molar-refractivity contribution in [3.63, 3.8) is 0 Å². The quantitative estimate of drug-likeness (QED) is 0.759. The Morgan fingerprint density at radius 1 is 1.43 bits per heavy atom. The highest BCUT2D eigenvalue weighted by Gasteiger charge is 2.25. The van der Waals surface area contributed by atoms with Crippen molar-refractivity contribution in [2.45, 2.75) is 18.9 Å². The maximum Gasteiger partial charge on any atom is 0.192 e. The number of carbonyl (C=O) groups is 1. The van der Waals surface area contributed by atoms with Crippen molar-refractivity contribution >= 4 is 21.7 Å². The van der Waals surface area contributed by atoms with Gasteiger partial charge in [-0.05, 0) is 18.9 Å². The highest BCUT2D eigenvalue weighted by Crippen LogP contribution is 2.22. The van der Waals surface area contributed by atoms with Crippen LogP contribution in [0.4, 0.5) is 0 Å². The van der Waals surface area contributed by atoms with Crippen molar-refractivity contribution in [3.8, 4) is 0 Å². The maximum absolute atomic E-state index is 11.9. The summed E-state index contributed by atoms with van der Waals surface area (Å²) >= 11 is 3.37. The van der Waals surface area contributed by atoms with Crippen LogP contribution in [0.1, 0.15) is 23.2 Å². The van der Waals surface area contributed by atoms with Gasteiger partial charge < -0.3 is 4.74 Å². The molecule has 1 aliphatic rings. The minimum Gasteiger partial charge on any atom is -0.370 e. The number of carbonyl (C=O) groups excluding carboxylic acids is 1. The van der Waals surface area contributed by atoms with Gasteiger partial charge in [-0.15, -0.1) is 0 Å². The fraction of sp³-hybridized carbons (Fsp3) is 0.364. The van der Waals surface area contributed by atoms with Gasteiger partial charge in [0.25, 0.3) is 0 Å². The molecule has 1 saturated heterocycles. The zero-order valence-electron chi connectivity index (χ0n) is 7.70. The lowest BCUT2D eigenvalue weighted by atomic mass is 10.0. The Balaban J connectivity index is 2.22. The van der Waals surface area contributed by atoms with Crippen molar-refractivity contribution in [2.75, 3.05) is 6.61 Å². The second-order valence-electron chi connectivity index (χ2n) is 3.35. The lowest BCUT2D eigenvalue weighted by molar-refractivity contribution is 0.0642. The maximum atomic E-state index is 11.9. The molecule has 2 rings (SSSR count). The lowest BCUT2D eigenvalue weighted by Crippen LogP contribution is -2.19. The van der Waals surface area contributed by atoms with Gasteiger partial charge in [-0.1, -0.05) is 34.1 Å². The summed E-state index contributed by atoms with van der Waals surface area (Å²) in [4.78, 5) is 11.9. The molecule has 0 saturated carbocycles. The SMILES string of the molecule is O=C(c1ccccc1Br)C1CCCO1. The van der Waals surface area contributed by atoms with Crippen LogP contribution in [-0.4, -0.2) is 18.5 Å². The van der Waals surface area contributed by atoms with Gasteiger partial charge in [0.05, 0.1) is 0 Å². The standard InChI is InChI=1S/C11H11BrO2/c12-9-5-2-1-4-8(9)11(13)10-6-3-7-14-10/h1-2,4-5,10H,3,6-7H2. The highest BCUT2D eigenvalue weighted by atomic mass is 79.9. The van der Waals surface area contributed by atoms with Gasteiger partial charge in [-0.3, -0.25) is 4.79 Å². The topological polar surface area (TPSA) is 26.3 Å². The molecule has 0 aliphatic carbocycles. The summed E-state index contributed by atoms with van der Waals surface area (Å²) in [5.74, 6) is 0.0926. The Kier molecular flexibility index (Phi) is 2.99. The first kappa shape index (κ1) is 9.87. The third kappa shape index (κ3) is 1.88.